The van der Waals surface area contributed by atoms with Gasteiger partial charge in [0.25, 0.3) is 5.91 Å². The molecule has 0 fully saturated rings. The van der Waals surface area contributed by atoms with E-state index < -0.39 is 0 Å². The monoisotopic (exact) mass is 517 g/mol. The Balaban J connectivity index is 0.00000784. The Hall–Kier alpha value is -1.84. The molecule has 164 valence electrons. The smallest absolute Gasteiger partial charge is 0.253 e. The van der Waals surface area contributed by atoms with Crippen LogP contribution in [0, 0.1) is 0 Å². The number of amides is 2. The maximum atomic E-state index is 12.3. The fourth-order valence-corrected chi connectivity index (χ4v) is 2.83. The predicted molar refractivity (Wildman–Crippen MR) is 130 cm³/mol. The van der Waals surface area contributed by atoms with Crippen molar-refractivity contribution in [3.05, 3.63) is 35.4 Å². The minimum absolute atomic E-state index is 0. The Labute approximate surface area is 192 Å². The van der Waals surface area contributed by atoms with Crippen LogP contribution in [-0.4, -0.2) is 86.3 Å². The van der Waals surface area contributed by atoms with Crippen LogP contribution < -0.4 is 5.32 Å². The molecule has 2 amide bonds. The van der Waals surface area contributed by atoms with Crippen LogP contribution in [0.3, 0.4) is 0 Å². The number of nitrogens with zero attached hydrogens (tertiary/aromatic N) is 4. The predicted octanol–water partition coefficient (Wildman–Crippen LogP) is 2.31. The number of carbonyl (C=O) groups excluding carboxylic acids is 2. The second-order valence-electron chi connectivity index (χ2n) is 6.81. The van der Waals surface area contributed by atoms with Gasteiger partial charge in [-0.3, -0.25) is 14.6 Å². The first-order valence-electron chi connectivity index (χ1n) is 9.91. The van der Waals surface area contributed by atoms with Gasteiger partial charge in [-0.15, -0.1) is 24.0 Å². The van der Waals surface area contributed by atoms with E-state index >= 15 is 0 Å². The fourth-order valence-electron chi connectivity index (χ4n) is 2.83. The van der Waals surface area contributed by atoms with Crippen LogP contribution >= 0.6 is 24.0 Å². The van der Waals surface area contributed by atoms with Gasteiger partial charge in [-0.1, -0.05) is 12.1 Å². The number of aliphatic imine (C=N–C) groups is 1. The van der Waals surface area contributed by atoms with E-state index in [1.165, 1.54) is 0 Å². The van der Waals surface area contributed by atoms with Crippen LogP contribution in [0.1, 0.15) is 36.7 Å². The SMILES string of the molecule is CCNC(=NCCc1cccc(C(=O)N(C)C)c1)N(C)CC(=O)N(CC)CC.I. The maximum absolute atomic E-state index is 12.3. The molecular weight excluding hydrogens is 481 g/mol. The van der Waals surface area contributed by atoms with Crippen molar-refractivity contribution < 1.29 is 9.59 Å². The van der Waals surface area contributed by atoms with Gasteiger partial charge >= 0.3 is 0 Å². The Morgan fingerprint density at radius 3 is 2.28 bits per heavy atom. The summed E-state index contributed by atoms with van der Waals surface area (Å²) in [6, 6.07) is 7.64. The molecular formula is C21H36IN5O2. The summed E-state index contributed by atoms with van der Waals surface area (Å²) in [6.45, 7) is 8.98. The van der Waals surface area contributed by atoms with Crippen molar-refractivity contribution in [3.63, 3.8) is 0 Å². The van der Waals surface area contributed by atoms with E-state index in [0.717, 1.165) is 18.5 Å². The summed E-state index contributed by atoms with van der Waals surface area (Å²) < 4.78 is 0. The van der Waals surface area contributed by atoms with Gasteiger partial charge in [-0.2, -0.15) is 0 Å². The van der Waals surface area contributed by atoms with Crippen LogP contribution in [0.15, 0.2) is 29.3 Å². The molecule has 0 aliphatic rings. The Kier molecular flexibility index (Phi) is 13.3. The highest BCUT2D eigenvalue weighted by atomic mass is 127. The van der Waals surface area contributed by atoms with Crippen molar-refractivity contribution in [2.45, 2.75) is 27.2 Å². The molecule has 1 aromatic rings. The summed E-state index contributed by atoms with van der Waals surface area (Å²) in [5, 5.41) is 3.24. The summed E-state index contributed by atoms with van der Waals surface area (Å²) in [7, 11) is 5.37. The Morgan fingerprint density at radius 1 is 1.07 bits per heavy atom. The number of nitrogens with one attached hydrogen (secondary N) is 1. The van der Waals surface area contributed by atoms with Gasteiger partial charge in [-0.05, 0) is 44.9 Å². The number of benzene rings is 1. The minimum Gasteiger partial charge on any atom is -0.357 e. The second-order valence-corrected chi connectivity index (χ2v) is 6.81. The zero-order chi connectivity index (χ0) is 21.1. The molecule has 0 unspecified atom stereocenters. The number of hydrogen-bond donors (Lipinski definition) is 1. The summed E-state index contributed by atoms with van der Waals surface area (Å²) in [5.74, 6) is 0.796. The number of rotatable bonds is 9. The molecule has 0 bridgehead atoms. The van der Waals surface area contributed by atoms with Gasteiger partial charge in [0, 0.05) is 52.9 Å². The molecule has 8 heteroatoms. The average Bonchev–Trinajstić information content (AvgIpc) is 2.67. The first kappa shape index (κ1) is 27.2. The molecule has 29 heavy (non-hydrogen) atoms. The van der Waals surface area contributed by atoms with Gasteiger partial charge in [0.1, 0.15) is 0 Å². The van der Waals surface area contributed by atoms with Crippen LogP contribution in [0.4, 0.5) is 0 Å². The van der Waals surface area contributed by atoms with E-state index in [-0.39, 0.29) is 35.8 Å². The van der Waals surface area contributed by atoms with E-state index in [4.69, 9.17) is 0 Å². The molecule has 0 spiro atoms. The lowest BCUT2D eigenvalue weighted by Gasteiger charge is -2.25. The third-order valence-corrected chi connectivity index (χ3v) is 4.43. The summed E-state index contributed by atoms with van der Waals surface area (Å²) in [4.78, 5) is 34.3. The summed E-state index contributed by atoms with van der Waals surface area (Å²) in [5.41, 5.74) is 1.74. The molecule has 1 aromatic carbocycles. The number of halogens is 1. The van der Waals surface area contributed by atoms with E-state index in [9.17, 15) is 9.59 Å². The third-order valence-electron chi connectivity index (χ3n) is 4.43. The van der Waals surface area contributed by atoms with Crippen molar-refractivity contribution >= 4 is 41.8 Å². The van der Waals surface area contributed by atoms with E-state index in [1.807, 2.05) is 61.9 Å². The molecule has 1 N–H and O–H groups in total. The zero-order valence-electron chi connectivity index (χ0n) is 18.6. The summed E-state index contributed by atoms with van der Waals surface area (Å²) in [6.07, 6.45) is 0.723. The molecule has 7 nitrogen and oxygen atoms in total. The van der Waals surface area contributed by atoms with Crippen molar-refractivity contribution in [2.24, 2.45) is 4.99 Å². The number of likely N-dealkylation sites (N-methyl/N-ethyl adjacent to an activating group) is 2. The van der Waals surface area contributed by atoms with Crippen LogP contribution in [-0.2, 0) is 11.2 Å². The molecule has 1 rings (SSSR count). The van der Waals surface area contributed by atoms with Gasteiger partial charge in [0.2, 0.25) is 5.91 Å². The Morgan fingerprint density at radius 2 is 1.72 bits per heavy atom. The van der Waals surface area contributed by atoms with Gasteiger partial charge < -0.3 is 20.0 Å². The topological polar surface area (TPSA) is 68.2 Å². The number of carbonyl (C=O) groups is 2. The molecule has 0 atom stereocenters. The lowest BCUT2D eigenvalue weighted by molar-refractivity contribution is -0.131. The summed E-state index contributed by atoms with van der Waals surface area (Å²) >= 11 is 0. The molecule has 0 aliphatic carbocycles. The standard InChI is InChI=1S/C21H35N5O2.HI/c1-7-22-21(25(6)16-19(27)26(8-2)9-3)23-14-13-17-11-10-12-18(15-17)20(28)24(4)5;/h10-12,15H,7-9,13-14,16H2,1-6H3,(H,22,23);1H. The number of hydrogen-bond acceptors (Lipinski definition) is 3. The number of guanidine groups is 1. The van der Waals surface area contributed by atoms with E-state index in [0.29, 0.717) is 37.7 Å². The Bertz CT molecular complexity index is 675. The van der Waals surface area contributed by atoms with Crippen LogP contribution in [0.5, 0.6) is 0 Å². The average molecular weight is 517 g/mol. The highest BCUT2D eigenvalue weighted by molar-refractivity contribution is 14.0. The minimum atomic E-state index is -0.00617. The normalized spacial score (nSPS) is 10.8. The third kappa shape index (κ3) is 9.01. The van der Waals surface area contributed by atoms with E-state index in [2.05, 4.69) is 10.3 Å². The molecule has 0 saturated heterocycles. The van der Waals surface area contributed by atoms with Crippen molar-refractivity contribution in [1.82, 2.24) is 20.0 Å². The van der Waals surface area contributed by atoms with Crippen molar-refractivity contribution in [2.75, 3.05) is 53.9 Å². The molecule has 0 aromatic heterocycles. The largest absolute Gasteiger partial charge is 0.357 e. The molecule has 0 heterocycles. The molecule has 0 radical (unpaired) electrons. The quantitative estimate of drug-likeness (QED) is 0.310. The molecule has 0 saturated carbocycles. The fraction of sp³-hybridized carbons (Fsp3) is 0.571. The highest BCUT2D eigenvalue weighted by Crippen LogP contribution is 2.08. The van der Waals surface area contributed by atoms with Gasteiger partial charge in [0.15, 0.2) is 5.96 Å². The van der Waals surface area contributed by atoms with Gasteiger partial charge in [-0.25, -0.2) is 0 Å². The lowest BCUT2D eigenvalue weighted by Crippen LogP contribution is -2.45. The van der Waals surface area contributed by atoms with Crippen molar-refractivity contribution in [1.29, 1.82) is 0 Å². The van der Waals surface area contributed by atoms with Crippen molar-refractivity contribution in [3.8, 4) is 0 Å². The molecule has 0 aliphatic heterocycles. The second kappa shape index (κ2) is 14.2. The van der Waals surface area contributed by atoms with E-state index in [1.54, 1.807) is 19.0 Å². The highest BCUT2D eigenvalue weighted by Gasteiger charge is 2.15. The van der Waals surface area contributed by atoms with Crippen LogP contribution in [0.2, 0.25) is 0 Å². The maximum Gasteiger partial charge on any atom is 0.253 e. The zero-order valence-corrected chi connectivity index (χ0v) is 20.9. The van der Waals surface area contributed by atoms with Crippen LogP contribution in [0.25, 0.3) is 0 Å². The first-order valence-corrected chi connectivity index (χ1v) is 9.91. The lowest BCUT2D eigenvalue weighted by atomic mass is 10.1. The van der Waals surface area contributed by atoms with Gasteiger partial charge in [0.05, 0.1) is 6.54 Å². The first-order chi connectivity index (χ1) is 13.3.